The molecule has 2 aromatic carbocycles. The number of nitrogens with zero attached hydrogens (tertiary/aromatic N) is 1. The quantitative estimate of drug-likeness (QED) is 0.939. The van der Waals surface area contributed by atoms with Gasteiger partial charge in [0, 0.05) is 36.2 Å². The van der Waals surface area contributed by atoms with Crippen molar-refractivity contribution in [1.82, 2.24) is 0 Å². The van der Waals surface area contributed by atoms with Crippen LogP contribution < -0.4 is 10.0 Å². The van der Waals surface area contributed by atoms with E-state index < -0.39 is 10.0 Å². The number of sulfonamides is 1. The maximum Gasteiger partial charge on any atom is 0.238 e. The molecule has 1 unspecified atom stereocenters. The highest BCUT2D eigenvalue weighted by Gasteiger charge is 2.27. The van der Waals surface area contributed by atoms with E-state index in [4.69, 9.17) is 9.88 Å². The van der Waals surface area contributed by atoms with E-state index in [0.29, 0.717) is 5.39 Å². The van der Waals surface area contributed by atoms with Gasteiger partial charge in [0.2, 0.25) is 10.0 Å². The molecule has 2 aliphatic heterocycles. The standard InChI is InChI=1S/C16H18N2O3S/c17-22(19,20)15-7-6-14-16-11(3-1-5-13(15)16)9-18(14)10-12-4-2-8-21-12/h1,3,5-7,12H,2,4,8-10H2,(H2,17,19,20). The first-order valence-corrected chi connectivity index (χ1v) is 9.02. The van der Waals surface area contributed by atoms with Gasteiger partial charge < -0.3 is 9.64 Å². The molecule has 0 aliphatic carbocycles. The van der Waals surface area contributed by atoms with Gasteiger partial charge in [-0.1, -0.05) is 18.2 Å². The highest BCUT2D eigenvalue weighted by atomic mass is 32.2. The van der Waals surface area contributed by atoms with Crippen LogP contribution in [0.4, 0.5) is 5.69 Å². The van der Waals surface area contributed by atoms with E-state index in [1.807, 2.05) is 24.3 Å². The molecule has 0 radical (unpaired) electrons. The van der Waals surface area contributed by atoms with Crippen molar-refractivity contribution < 1.29 is 13.2 Å². The molecular weight excluding hydrogens is 300 g/mol. The van der Waals surface area contributed by atoms with Crippen LogP contribution >= 0.6 is 0 Å². The zero-order chi connectivity index (χ0) is 15.3. The van der Waals surface area contributed by atoms with E-state index >= 15 is 0 Å². The number of rotatable bonds is 3. The SMILES string of the molecule is NS(=O)(=O)c1ccc2c3c(cccc13)CN2CC1CCCO1. The first-order chi connectivity index (χ1) is 10.5. The second-order valence-electron chi connectivity index (χ2n) is 5.98. The van der Waals surface area contributed by atoms with Gasteiger partial charge in [0.25, 0.3) is 0 Å². The number of nitrogens with two attached hydrogens (primary N) is 1. The first kappa shape index (κ1) is 14.0. The lowest BCUT2D eigenvalue weighted by molar-refractivity contribution is 0.115. The maximum absolute atomic E-state index is 11.8. The molecule has 0 spiro atoms. The number of hydrogen-bond donors (Lipinski definition) is 1. The Morgan fingerprint density at radius 1 is 1.27 bits per heavy atom. The topological polar surface area (TPSA) is 72.6 Å². The van der Waals surface area contributed by atoms with E-state index in [1.165, 1.54) is 0 Å². The Balaban J connectivity index is 1.82. The normalized spacial score (nSPS) is 21.0. The number of primary sulfonamides is 1. The largest absolute Gasteiger partial charge is 0.376 e. The van der Waals surface area contributed by atoms with Crippen LogP contribution in [0.15, 0.2) is 35.2 Å². The lowest BCUT2D eigenvalue weighted by Crippen LogP contribution is -2.29. The monoisotopic (exact) mass is 318 g/mol. The van der Waals surface area contributed by atoms with E-state index in [1.54, 1.807) is 6.07 Å². The van der Waals surface area contributed by atoms with Crippen LogP contribution in [0.1, 0.15) is 18.4 Å². The molecule has 2 aromatic rings. The summed E-state index contributed by atoms with van der Waals surface area (Å²) in [6.45, 7) is 2.48. The maximum atomic E-state index is 11.8. The van der Waals surface area contributed by atoms with Crippen molar-refractivity contribution >= 4 is 26.5 Å². The molecule has 1 atom stereocenters. The average Bonchev–Trinajstić information content (AvgIpc) is 3.09. The van der Waals surface area contributed by atoms with Crippen molar-refractivity contribution in [3.63, 3.8) is 0 Å². The zero-order valence-corrected chi connectivity index (χ0v) is 13.0. The molecule has 0 amide bonds. The lowest BCUT2D eigenvalue weighted by atomic mass is 10.1. The second-order valence-corrected chi connectivity index (χ2v) is 7.51. The zero-order valence-electron chi connectivity index (χ0n) is 12.2. The molecule has 2 aliphatic rings. The summed E-state index contributed by atoms with van der Waals surface area (Å²) >= 11 is 0. The lowest BCUT2D eigenvalue weighted by Gasteiger charge is -2.23. The summed E-state index contributed by atoms with van der Waals surface area (Å²) < 4.78 is 29.3. The predicted molar refractivity (Wildman–Crippen MR) is 85.3 cm³/mol. The Morgan fingerprint density at radius 2 is 2.14 bits per heavy atom. The minimum absolute atomic E-state index is 0.201. The summed E-state index contributed by atoms with van der Waals surface area (Å²) in [5.41, 5.74) is 2.23. The summed E-state index contributed by atoms with van der Waals surface area (Å²) in [6, 6.07) is 9.26. The fraction of sp³-hybridized carbons (Fsp3) is 0.375. The Kier molecular flexibility index (Phi) is 3.14. The average molecular weight is 318 g/mol. The molecule has 1 saturated heterocycles. The third-order valence-electron chi connectivity index (χ3n) is 4.52. The van der Waals surface area contributed by atoms with Crippen LogP contribution in [0.5, 0.6) is 0 Å². The van der Waals surface area contributed by atoms with Gasteiger partial charge in [0.05, 0.1) is 11.0 Å². The molecule has 5 nitrogen and oxygen atoms in total. The van der Waals surface area contributed by atoms with Crippen molar-refractivity contribution in [2.24, 2.45) is 5.14 Å². The van der Waals surface area contributed by atoms with Crippen molar-refractivity contribution in [1.29, 1.82) is 0 Å². The molecule has 0 aromatic heterocycles. The fourth-order valence-electron chi connectivity index (χ4n) is 3.57. The first-order valence-electron chi connectivity index (χ1n) is 7.48. The van der Waals surface area contributed by atoms with Crippen molar-refractivity contribution in [3.8, 4) is 0 Å². The number of ether oxygens (including phenoxy) is 1. The van der Waals surface area contributed by atoms with Crippen molar-refractivity contribution in [3.05, 3.63) is 35.9 Å². The summed E-state index contributed by atoms with van der Waals surface area (Å²) in [4.78, 5) is 2.48. The Morgan fingerprint density at radius 3 is 2.86 bits per heavy atom. The van der Waals surface area contributed by atoms with Gasteiger partial charge in [-0.2, -0.15) is 0 Å². The van der Waals surface area contributed by atoms with Crippen LogP contribution in [-0.4, -0.2) is 27.7 Å². The molecule has 116 valence electrons. The molecule has 2 heterocycles. The molecular formula is C16H18N2O3S. The molecule has 4 rings (SSSR count). The highest BCUT2D eigenvalue weighted by Crippen LogP contribution is 2.40. The van der Waals surface area contributed by atoms with E-state index in [2.05, 4.69) is 4.90 Å². The highest BCUT2D eigenvalue weighted by molar-refractivity contribution is 7.89. The van der Waals surface area contributed by atoms with Crippen LogP contribution in [0, 0.1) is 0 Å². The Hall–Kier alpha value is -1.63. The minimum atomic E-state index is -3.72. The molecule has 2 N–H and O–H groups in total. The smallest absolute Gasteiger partial charge is 0.238 e. The van der Waals surface area contributed by atoms with E-state index in [0.717, 1.165) is 49.2 Å². The van der Waals surface area contributed by atoms with Gasteiger partial charge in [-0.25, -0.2) is 13.6 Å². The van der Waals surface area contributed by atoms with Crippen LogP contribution in [-0.2, 0) is 21.3 Å². The van der Waals surface area contributed by atoms with Crippen LogP contribution in [0.2, 0.25) is 0 Å². The van der Waals surface area contributed by atoms with Crippen LogP contribution in [0.3, 0.4) is 0 Å². The van der Waals surface area contributed by atoms with Gasteiger partial charge in [-0.3, -0.25) is 0 Å². The van der Waals surface area contributed by atoms with Gasteiger partial charge in [-0.15, -0.1) is 0 Å². The summed E-state index contributed by atoms with van der Waals surface area (Å²) in [5.74, 6) is 0. The predicted octanol–water partition coefficient (Wildman–Crippen LogP) is 1.99. The van der Waals surface area contributed by atoms with Crippen molar-refractivity contribution in [2.75, 3.05) is 18.1 Å². The minimum Gasteiger partial charge on any atom is -0.376 e. The van der Waals surface area contributed by atoms with E-state index in [-0.39, 0.29) is 11.0 Å². The molecule has 0 saturated carbocycles. The van der Waals surface area contributed by atoms with E-state index in [9.17, 15) is 8.42 Å². The second kappa shape index (κ2) is 4.94. The third kappa shape index (κ3) is 2.18. The molecule has 1 fully saturated rings. The Labute approximate surface area is 129 Å². The van der Waals surface area contributed by atoms with Gasteiger partial charge in [0.15, 0.2) is 0 Å². The molecule has 6 heteroatoms. The van der Waals surface area contributed by atoms with Gasteiger partial charge in [-0.05, 0) is 30.5 Å². The number of hydrogen-bond acceptors (Lipinski definition) is 4. The summed E-state index contributed by atoms with van der Waals surface area (Å²) in [5, 5.41) is 7.07. The fourth-order valence-corrected chi connectivity index (χ4v) is 4.30. The molecule has 0 bridgehead atoms. The summed E-state index contributed by atoms with van der Waals surface area (Å²) in [7, 11) is -3.72. The van der Waals surface area contributed by atoms with Gasteiger partial charge in [0.1, 0.15) is 0 Å². The van der Waals surface area contributed by atoms with Gasteiger partial charge >= 0.3 is 0 Å². The van der Waals surface area contributed by atoms with Crippen LogP contribution in [0.25, 0.3) is 10.8 Å². The summed E-state index contributed by atoms with van der Waals surface area (Å²) in [6.07, 6.45) is 2.47. The Bertz CT molecular complexity index is 842. The number of benzene rings is 2. The number of anilines is 1. The third-order valence-corrected chi connectivity index (χ3v) is 5.49. The van der Waals surface area contributed by atoms with Crippen molar-refractivity contribution in [2.45, 2.75) is 30.4 Å². The molecule has 22 heavy (non-hydrogen) atoms.